The van der Waals surface area contributed by atoms with Gasteiger partial charge in [-0.15, -0.1) is 5.92 Å². The number of ether oxygens (including phenoxy) is 1. The van der Waals surface area contributed by atoms with E-state index in [0.29, 0.717) is 16.3 Å². The number of aromatic amines is 1. The van der Waals surface area contributed by atoms with Crippen LogP contribution in [0.2, 0.25) is 5.02 Å². The standard InChI is InChI=1S/C12H8ClN3O3/c1-2-3-7-6-8(4-5-9(7)13)19-11-10(12(17)18)14-16-15-11/h4-6H,1H3,(H,17,18)(H,14,15,16). The van der Waals surface area contributed by atoms with Crippen LogP contribution < -0.4 is 4.74 Å². The van der Waals surface area contributed by atoms with Crippen molar-refractivity contribution in [1.29, 1.82) is 0 Å². The number of hydrogen-bond acceptors (Lipinski definition) is 4. The highest BCUT2D eigenvalue weighted by atomic mass is 35.5. The number of carbonyl (C=O) groups is 1. The minimum absolute atomic E-state index is 0.120. The Morgan fingerprint density at radius 1 is 1.53 bits per heavy atom. The van der Waals surface area contributed by atoms with Crippen molar-refractivity contribution in [3.8, 4) is 23.5 Å². The number of carboxylic acid groups (broad SMARTS) is 1. The van der Waals surface area contributed by atoms with E-state index in [2.05, 4.69) is 27.3 Å². The highest BCUT2D eigenvalue weighted by Gasteiger charge is 2.16. The van der Waals surface area contributed by atoms with Crippen LogP contribution in [-0.2, 0) is 0 Å². The van der Waals surface area contributed by atoms with Crippen molar-refractivity contribution in [3.63, 3.8) is 0 Å². The lowest BCUT2D eigenvalue weighted by Gasteiger charge is -2.04. The number of carboxylic acids is 1. The van der Waals surface area contributed by atoms with Crippen LogP contribution >= 0.6 is 11.6 Å². The van der Waals surface area contributed by atoms with Gasteiger partial charge in [0.1, 0.15) is 5.75 Å². The molecule has 0 radical (unpaired) electrons. The third kappa shape index (κ3) is 2.84. The molecule has 0 spiro atoms. The first-order valence-electron chi connectivity index (χ1n) is 5.16. The Balaban J connectivity index is 2.32. The molecule has 0 aliphatic heterocycles. The largest absolute Gasteiger partial charge is 0.476 e. The van der Waals surface area contributed by atoms with Crippen molar-refractivity contribution in [2.75, 3.05) is 0 Å². The fraction of sp³-hybridized carbons (Fsp3) is 0.0833. The molecule has 0 saturated heterocycles. The summed E-state index contributed by atoms with van der Waals surface area (Å²) in [5.74, 6) is 4.58. The number of benzene rings is 1. The summed E-state index contributed by atoms with van der Waals surface area (Å²) in [7, 11) is 0. The van der Waals surface area contributed by atoms with E-state index in [1.807, 2.05) is 0 Å². The molecular formula is C12H8ClN3O3. The monoisotopic (exact) mass is 277 g/mol. The first-order valence-corrected chi connectivity index (χ1v) is 5.54. The number of nitrogens with zero attached hydrogens (tertiary/aromatic N) is 2. The molecule has 0 aliphatic carbocycles. The average molecular weight is 278 g/mol. The highest BCUT2D eigenvalue weighted by Crippen LogP contribution is 2.26. The van der Waals surface area contributed by atoms with Gasteiger partial charge in [0.05, 0.1) is 5.02 Å². The van der Waals surface area contributed by atoms with Gasteiger partial charge in [-0.1, -0.05) is 27.8 Å². The molecule has 6 nitrogen and oxygen atoms in total. The van der Waals surface area contributed by atoms with Crippen molar-refractivity contribution < 1.29 is 14.6 Å². The summed E-state index contributed by atoms with van der Waals surface area (Å²) < 4.78 is 5.34. The number of H-pyrrole nitrogens is 1. The molecule has 2 N–H and O–H groups in total. The summed E-state index contributed by atoms with van der Waals surface area (Å²) in [5.41, 5.74) is 0.361. The summed E-state index contributed by atoms with van der Waals surface area (Å²) >= 11 is 5.95. The second kappa shape index (κ2) is 5.42. The van der Waals surface area contributed by atoms with Crippen molar-refractivity contribution in [3.05, 3.63) is 34.5 Å². The first kappa shape index (κ1) is 12.9. The van der Waals surface area contributed by atoms with Crippen LogP contribution in [0.25, 0.3) is 0 Å². The Bertz CT molecular complexity index is 685. The summed E-state index contributed by atoms with van der Waals surface area (Å²) in [4.78, 5) is 10.9. The molecule has 1 heterocycles. The SMILES string of the molecule is CC#Cc1cc(Oc2nn[nH]c2C(=O)O)ccc1Cl. The van der Waals surface area contributed by atoms with Gasteiger partial charge in [-0.25, -0.2) is 9.89 Å². The molecule has 19 heavy (non-hydrogen) atoms. The minimum Gasteiger partial charge on any atom is -0.476 e. The molecule has 0 aliphatic rings. The predicted octanol–water partition coefficient (Wildman–Crippen LogP) is 2.32. The lowest BCUT2D eigenvalue weighted by molar-refractivity contribution is 0.0687. The third-order valence-electron chi connectivity index (χ3n) is 2.14. The van der Waals surface area contributed by atoms with Gasteiger partial charge in [-0.3, -0.25) is 0 Å². The smallest absolute Gasteiger partial charge is 0.359 e. The van der Waals surface area contributed by atoms with Gasteiger partial charge >= 0.3 is 5.97 Å². The van der Waals surface area contributed by atoms with Crippen LogP contribution in [0.1, 0.15) is 23.0 Å². The molecule has 0 amide bonds. The Labute approximate surface area is 113 Å². The number of halogens is 1. The fourth-order valence-electron chi connectivity index (χ4n) is 1.34. The second-order valence-electron chi connectivity index (χ2n) is 3.42. The van der Waals surface area contributed by atoms with Gasteiger partial charge in [-0.05, 0) is 25.1 Å². The fourth-order valence-corrected chi connectivity index (χ4v) is 1.50. The molecule has 2 aromatic rings. The highest BCUT2D eigenvalue weighted by molar-refractivity contribution is 6.31. The summed E-state index contributed by atoms with van der Waals surface area (Å²) in [6.07, 6.45) is 0. The van der Waals surface area contributed by atoms with E-state index in [1.54, 1.807) is 25.1 Å². The van der Waals surface area contributed by atoms with Gasteiger partial charge in [0.25, 0.3) is 5.88 Å². The molecule has 96 valence electrons. The quantitative estimate of drug-likeness (QED) is 0.841. The van der Waals surface area contributed by atoms with Gasteiger partial charge in [0.15, 0.2) is 0 Å². The maximum absolute atomic E-state index is 10.9. The van der Waals surface area contributed by atoms with Gasteiger partial charge in [-0.2, -0.15) is 0 Å². The van der Waals surface area contributed by atoms with E-state index in [9.17, 15) is 4.79 Å². The van der Waals surface area contributed by atoms with Crippen molar-refractivity contribution >= 4 is 17.6 Å². The van der Waals surface area contributed by atoms with Crippen molar-refractivity contribution in [2.24, 2.45) is 0 Å². The molecule has 0 atom stereocenters. The van der Waals surface area contributed by atoms with E-state index >= 15 is 0 Å². The Morgan fingerprint density at radius 2 is 2.32 bits per heavy atom. The molecule has 0 fully saturated rings. The Kier molecular flexibility index (Phi) is 3.68. The van der Waals surface area contributed by atoms with Crippen molar-refractivity contribution in [2.45, 2.75) is 6.92 Å². The number of nitrogens with one attached hydrogen (secondary N) is 1. The normalized spacial score (nSPS) is 9.58. The third-order valence-corrected chi connectivity index (χ3v) is 2.47. The van der Waals surface area contributed by atoms with Crippen LogP contribution in [0.3, 0.4) is 0 Å². The molecule has 0 bridgehead atoms. The van der Waals surface area contributed by atoms with Crippen LogP contribution in [0.5, 0.6) is 11.6 Å². The molecule has 7 heteroatoms. The van der Waals surface area contributed by atoms with Crippen LogP contribution in [-0.4, -0.2) is 26.5 Å². The number of hydrogen-bond donors (Lipinski definition) is 2. The van der Waals surface area contributed by atoms with Crippen molar-refractivity contribution in [1.82, 2.24) is 15.4 Å². The van der Waals surface area contributed by atoms with Crippen LogP contribution in [0, 0.1) is 11.8 Å². The van der Waals surface area contributed by atoms with E-state index in [4.69, 9.17) is 21.4 Å². The maximum Gasteiger partial charge on any atom is 0.359 e. The lowest BCUT2D eigenvalue weighted by atomic mass is 10.2. The number of aromatic carboxylic acids is 1. The number of rotatable bonds is 3. The predicted molar refractivity (Wildman–Crippen MR) is 67.4 cm³/mol. The lowest BCUT2D eigenvalue weighted by Crippen LogP contribution is -1.99. The molecule has 2 rings (SSSR count). The van der Waals surface area contributed by atoms with E-state index < -0.39 is 5.97 Å². The van der Waals surface area contributed by atoms with E-state index in [-0.39, 0.29) is 11.6 Å². The first-order chi connectivity index (χ1) is 9.11. The molecule has 1 aromatic carbocycles. The van der Waals surface area contributed by atoms with Crippen LogP contribution in [0.15, 0.2) is 18.2 Å². The summed E-state index contributed by atoms with van der Waals surface area (Å²) in [6.45, 7) is 1.68. The zero-order valence-corrected chi connectivity index (χ0v) is 10.5. The molecule has 0 saturated carbocycles. The minimum atomic E-state index is -1.21. The second-order valence-corrected chi connectivity index (χ2v) is 3.82. The summed E-state index contributed by atoms with van der Waals surface area (Å²) in [6, 6.07) is 4.79. The zero-order chi connectivity index (χ0) is 13.8. The van der Waals surface area contributed by atoms with Gasteiger partial charge in [0.2, 0.25) is 5.69 Å². The maximum atomic E-state index is 10.9. The Morgan fingerprint density at radius 3 is 3.00 bits per heavy atom. The molecular weight excluding hydrogens is 270 g/mol. The van der Waals surface area contributed by atoms with E-state index in [0.717, 1.165) is 0 Å². The summed E-state index contributed by atoms with van der Waals surface area (Å²) in [5, 5.41) is 18.5. The average Bonchev–Trinajstić information content (AvgIpc) is 2.82. The van der Waals surface area contributed by atoms with Gasteiger partial charge in [0, 0.05) is 5.56 Å². The topological polar surface area (TPSA) is 88.1 Å². The zero-order valence-electron chi connectivity index (χ0n) is 9.77. The van der Waals surface area contributed by atoms with Gasteiger partial charge < -0.3 is 9.84 Å². The van der Waals surface area contributed by atoms with E-state index in [1.165, 1.54) is 0 Å². The Hall–Kier alpha value is -2.52. The molecule has 0 unspecified atom stereocenters. The number of aromatic nitrogens is 3. The van der Waals surface area contributed by atoms with Crippen LogP contribution in [0.4, 0.5) is 0 Å². The molecule has 1 aromatic heterocycles.